The molecular formula is C12H20N2OS. The van der Waals surface area contributed by atoms with Crippen LogP contribution in [0.3, 0.4) is 0 Å². The number of aromatic nitrogens is 1. The van der Waals surface area contributed by atoms with E-state index < -0.39 is 0 Å². The zero-order valence-corrected chi connectivity index (χ0v) is 11.4. The lowest BCUT2D eigenvalue weighted by molar-refractivity contribution is -0.122. The van der Waals surface area contributed by atoms with E-state index in [0.717, 1.165) is 15.6 Å². The van der Waals surface area contributed by atoms with Crippen molar-refractivity contribution in [3.8, 4) is 0 Å². The molecular weight excluding hydrogens is 220 g/mol. The van der Waals surface area contributed by atoms with Crippen LogP contribution in [0.4, 0.5) is 0 Å². The highest BCUT2D eigenvalue weighted by atomic mass is 32.1. The van der Waals surface area contributed by atoms with Gasteiger partial charge in [-0.3, -0.25) is 4.79 Å². The third-order valence-corrected chi connectivity index (χ3v) is 3.56. The Morgan fingerprint density at radius 1 is 1.38 bits per heavy atom. The van der Waals surface area contributed by atoms with E-state index in [9.17, 15) is 4.79 Å². The minimum atomic E-state index is 0.0671. The fourth-order valence-corrected chi connectivity index (χ4v) is 2.62. The summed E-state index contributed by atoms with van der Waals surface area (Å²) < 4.78 is 0. The van der Waals surface area contributed by atoms with Crippen LogP contribution in [0.1, 0.15) is 48.8 Å². The van der Waals surface area contributed by atoms with Gasteiger partial charge in [-0.1, -0.05) is 13.8 Å². The van der Waals surface area contributed by atoms with Gasteiger partial charge in [0.25, 0.3) is 0 Å². The molecule has 0 bridgehead atoms. The Hall–Kier alpha value is -0.900. The summed E-state index contributed by atoms with van der Waals surface area (Å²) in [4.78, 5) is 17.2. The van der Waals surface area contributed by atoms with Crippen LogP contribution in [0.15, 0.2) is 0 Å². The number of thiazole rings is 1. The monoisotopic (exact) mass is 240 g/mol. The third-order valence-electron chi connectivity index (χ3n) is 2.30. The van der Waals surface area contributed by atoms with Crippen molar-refractivity contribution < 1.29 is 4.79 Å². The lowest BCUT2D eigenvalue weighted by atomic mass is 10.1. The molecule has 1 rings (SSSR count). The molecule has 4 heteroatoms. The fraction of sp³-hybridized carbons (Fsp3) is 0.667. The molecule has 0 aliphatic rings. The Balaban J connectivity index is 2.62. The van der Waals surface area contributed by atoms with Crippen molar-refractivity contribution in [2.75, 3.05) is 0 Å². The summed E-state index contributed by atoms with van der Waals surface area (Å²) in [5, 5.41) is 4.07. The van der Waals surface area contributed by atoms with Gasteiger partial charge in [0.15, 0.2) is 0 Å². The number of hydrogen-bond donors (Lipinski definition) is 1. The third kappa shape index (κ3) is 3.59. The molecule has 0 fully saturated rings. The smallest absolute Gasteiger partial charge is 0.220 e. The van der Waals surface area contributed by atoms with Crippen LogP contribution in [-0.4, -0.2) is 10.9 Å². The summed E-state index contributed by atoms with van der Waals surface area (Å²) in [7, 11) is 0. The number of amides is 1. The molecule has 1 unspecified atom stereocenters. The predicted molar refractivity (Wildman–Crippen MR) is 67.6 cm³/mol. The number of carbonyl (C=O) groups excluding carboxylic acids is 1. The topological polar surface area (TPSA) is 42.0 Å². The first-order valence-electron chi connectivity index (χ1n) is 5.63. The molecule has 0 saturated heterocycles. The second kappa shape index (κ2) is 5.43. The van der Waals surface area contributed by atoms with Gasteiger partial charge in [0.05, 0.1) is 16.7 Å². The van der Waals surface area contributed by atoms with E-state index in [1.165, 1.54) is 0 Å². The van der Waals surface area contributed by atoms with Crippen molar-refractivity contribution in [3.05, 3.63) is 15.6 Å². The van der Waals surface area contributed by atoms with Crippen LogP contribution >= 0.6 is 11.3 Å². The maximum atomic E-state index is 11.6. The molecule has 0 aliphatic carbocycles. The van der Waals surface area contributed by atoms with Gasteiger partial charge < -0.3 is 5.32 Å². The minimum Gasteiger partial charge on any atom is -0.349 e. The molecule has 1 heterocycles. The number of hydrogen-bond acceptors (Lipinski definition) is 3. The van der Waals surface area contributed by atoms with Gasteiger partial charge >= 0.3 is 0 Å². The van der Waals surface area contributed by atoms with Crippen LogP contribution in [0.5, 0.6) is 0 Å². The first kappa shape index (κ1) is 13.2. The van der Waals surface area contributed by atoms with E-state index in [4.69, 9.17) is 0 Å². The van der Waals surface area contributed by atoms with Gasteiger partial charge in [0.2, 0.25) is 5.91 Å². The van der Waals surface area contributed by atoms with Gasteiger partial charge in [-0.25, -0.2) is 4.98 Å². The maximum absolute atomic E-state index is 11.6. The second-order valence-corrected chi connectivity index (χ2v) is 5.80. The van der Waals surface area contributed by atoms with Gasteiger partial charge in [0.1, 0.15) is 0 Å². The lowest BCUT2D eigenvalue weighted by Crippen LogP contribution is -2.27. The molecule has 1 N–H and O–H groups in total. The predicted octanol–water partition coefficient (Wildman–Crippen LogP) is 2.98. The molecule has 1 aromatic heterocycles. The summed E-state index contributed by atoms with van der Waals surface area (Å²) in [6.45, 7) is 10.1. The van der Waals surface area contributed by atoms with E-state index in [1.54, 1.807) is 11.3 Å². The zero-order chi connectivity index (χ0) is 12.3. The van der Waals surface area contributed by atoms with Gasteiger partial charge in [-0.15, -0.1) is 11.3 Å². The SMILES string of the molecule is Cc1nc(C)c(C(C)NC(=O)CC(C)C)s1. The maximum Gasteiger partial charge on any atom is 0.220 e. The van der Waals surface area contributed by atoms with Crippen LogP contribution in [0.2, 0.25) is 0 Å². The standard InChI is InChI=1S/C12H20N2OS/c1-7(2)6-11(15)14-9(4)12-8(3)13-10(5)16-12/h7,9H,6H2,1-5H3,(H,14,15). The van der Waals surface area contributed by atoms with E-state index in [2.05, 4.69) is 10.3 Å². The van der Waals surface area contributed by atoms with Crippen LogP contribution in [0, 0.1) is 19.8 Å². The van der Waals surface area contributed by atoms with E-state index in [0.29, 0.717) is 12.3 Å². The highest BCUT2D eigenvalue weighted by Crippen LogP contribution is 2.24. The molecule has 0 aliphatic heterocycles. The molecule has 1 amide bonds. The second-order valence-electron chi connectivity index (χ2n) is 4.57. The van der Waals surface area contributed by atoms with Crippen LogP contribution in [-0.2, 0) is 4.79 Å². The Morgan fingerprint density at radius 3 is 2.44 bits per heavy atom. The van der Waals surface area contributed by atoms with E-state index >= 15 is 0 Å². The zero-order valence-electron chi connectivity index (χ0n) is 10.6. The van der Waals surface area contributed by atoms with Crippen molar-refractivity contribution >= 4 is 17.2 Å². The molecule has 0 spiro atoms. The van der Waals surface area contributed by atoms with Gasteiger partial charge in [-0.05, 0) is 26.7 Å². The molecule has 0 saturated carbocycles. The normalized spacial score (nSPS) is 12.9. The van der Waals surface area contributed by atoms with Gasteiger partial charge in [0, 0.05) is 11.3 Å². The van der Waals surface area contributed by atoms with E-state index in [1.807, 2.05) is 34.6 Å². The van der Waals surface area contributed by atoms with E-state index in [-0.39, 0.29) is 11.9 Å². The Morgan fingerprint density at radius 2 is 2.00 bits per heavy atom. The number of nitrogens with one attached hydrogen (secondary N) is 1. The Kier molecular flexibility index (Phi) is 4.47. The average Bonchev–Trinajstić information content (AvgIpc) is 2.43. The Labute approximate surface area is 101 Å². The molecule has 90 valence electrons. The Bertz CT molecular complexity index is 371. The largest absolute Gasteiger partial charge is 0.349 e. The number of aryl methyl sites for hydroxylation is 2. The summed E-state index contributed by atoms with van der Waals surface area (Å²) >= 11 is 1.66. The van der Waals surface area contributed by atoms with Crippen molar-refractivity contribution in [2.45, 2.75) is 47.1 Å². The van der Waals surface area contributed by atoms with Crippen molar-refractivity contribution in [1.82, 2.24) is 10.3 Å². The van der Waals surface area contributed by atoms with Crippen LogP contribution in [0.25, 0.3) is 0 Å². The lowest BCUT2D eigenvalue weighted by Gasteiger charge is -2.13. The summed E-state index contributed by atoms with van der Waals surface area (Å²) in [6.07, 6.45) is 0.584. The summed E-state index contributed by atoms with van der Waals surface area (Å²) in [5.74, 6) is 0.518. The number of nitrogens with zero attached hydrogens (tertiary/aromatic N) is 1. The quantitative estimate of drug-likeness (QED) is 0.879. The first-order chi connectivity index (χ1) is 7.40. The fourth-order valence-electron chi connectivity index (χ4n) is 1.69. The van der Waals surface area contributed by atoms with Crippen molar-refractivity contribution in [2.24, 2.45) is 5.92 Å². The molecule has 0 aromatic carbocycles. The summed E-state index contributed by atoms with van der Waals surface area (Å²) in [6, 6.07) is 0.0671. The van der Waals surface area contributed by atoms with Gasteiger partial charge in [-0.2, -0.15) is 0 Å². The number of rotatable bonds is 4. The first-order valence-corrected chi connectivity index (χ1v) is 6.45. The van der Waals surface area contributed by atoms with Crippen molar-refractivity contribution in [3.63, 3.8) is 0 Å². The minimum absolute atomic E-state index is 0.0671. The highest BCUT2D eigenvalue weighted by molar-refractivity contribution is 7.11. The number of carbonyl (C=O) groups is 1. The average molecular weight is 240 g/mol. The molecule has 0 radical (unpaired) electrons. The summed E-state index contributed by atoms with van der Waals surface area (Å²) in [5.41, 5.74) is 1.03. The van der Waals surface area contributed by atoms with Crippen LogP contribution < -0.4 is 5.32 Å². The molecule has 16 heavy (non-hydrogen) atoms. The molecule has 1 aromatic rings. The highest BCUT2D eigenvalue weighted by Gasteiger charge is 2.15. The molecule has 1 atom stereocenters. The molecule has 3 nitrogen and oxygen atoms in total. The van der Waals surface area contributed by atoms with Crippen molar-refractivity contribution in [1.29, 1.82) is 0 Å².